The van der Waals surface area contributed by atoms with Gasteiger partial charge < -0.3 is 4.74 Å². The van der Waals surface area contributed by atoms with Crippen molar-refractivity contribution in [2.45, 2.75) is 57.0 Å². The van der Waals surface area contributed by atoms with Crippen molar-refractivity contribution in [2.75, 3.05) is 19.8 Å². The molecule has 0 aliphatic carbocycles. The summed E-state index contributed by atoms with van der Waals surface area (Å²) < 4.78 is 33.4. The number of ether oxygens (including phenoxy) is 1. The van der Waals surface area contributed by atoms with Crippen molar-refractivity contribution in [3.05, 3.63) is 27.0 Å². The first-order valence-electron chi connectivity index (χ1n) is 8.31. The van der Waals surface area contributed by atoms with Crippen molar-refractivity contribution in [3.8, 4) is 0 Å². The van der Waals surface area contributed by atoms with E-state index in [4.69, 9.17) is 4.74 Å². The molecule has 1 aliphatic rings. The van der Waals surface area contributed by atoms with E-state index < -0.39 is 21.3 Å². The van der Waals surface area contributed by atoms with E-state index in [0.29, 0.717) is 6.54 Å². The van der Waals surface area contributed by atoms with Crippen LogP contribution < -0.4 is 11.2 Å². The number of H-pyrrole nitrogens is 1. The number of rotatable bonds is 7. The minimum absolute atomic E-state index is 0.193. The number of hydrogen-bond donors (Lipinski definition) is 1. The molecule has 0 unspecified atom stereocenters. The fourth-order valence-corrected chi connectivity index (χ4v) is 4.39. The molecule has 2 heterocycles. The van der Waals surface area contributed by atoms with E-state index in [1.54, 1.807) is 6.92 Å². The van der Waals surface area contributed by atoms with Gasteiger partial charge in [-0.1, -0.05) is 26.2 Å². The van der Waals surface area contributed by atoms with Gasteiger partial charge in [-0.25, -0.2) is 13.2 Å². The Morgan fingerprint density at radius 2 is 2.04 bits per heavy atom. The van der Waals surface area contributed by atoms with Gasteiger partial charge in [-0.3, -0.25) is 14.3 Å². The summed E-state index contributed by atoms with van der Waals surface area (Å²) in [4.78, 5) is 25.7. The normalized spacial score (nSPS) is 19.5. The van der Waals surface area contributed by atoms with E-state index in [2.05, 4.69) is 11.9 Å². The Balaban J connectivity index is 2.31. The first kappa shape index (κ1) is 18.9. The molecule has 1 aliphatic heterocycles. The van der Waals surface area contributed by atoms with Crippen molar-refractivity contribution in [1.82, 2.24) is 13.9 Å². The molecule has 1 fully saturated rings. The van der Waals surface area contributed by atoms with Gasteiger partial charge in [0.05, 0.1) is 13.2 Å². The van der Waals surface area contributed by atoms with Gasteiger partial charge in [0, 0.05) is 25.3 Å². The van der Waals surface area contributed by atoms with Crippen LogP contribution in [0.3, 0.4) is 0 Å². The summed E-state index contributed by atoms with van der Waals surface area (Å²) in [5.41, 5.74) is -1.45. The SMILES string of the molecule is CCCCCCn1cc(S(=O)(=O)N2CCOC[C@@H]2C)c(=O)[nH]c1=O. The first-order chi connectivity index (χ1) is 11.4. The van der Waals surface area contributed by atoms with E-state index in [0.717, 1.165) is 25.7 Å². The monoisotopic (exact) mass is 359 g/mol. The zero-order valence-corrected chi connectivity index (χ0v) is 15.0. The van der Waals surface area contributed by atoms with Crippen LogP contribution in [0, 0.1) is 0 Å². The second-order valence-corrected chi connectivity index (χ2v) is 7.91. The third kappa shape index (κ3) is 4.14. The molecule has 0 amide bonds. The fourth-order valence-electron chi connectivity index (χ4n) is 2.74. The highest BCUT2D eigenvalue weighted by Gasteiger charge is 2.33. The summed E-state index contributed by atoms with van der Waals surface area (Å²) in [6.07, 6.45) is 4.99. The lowest BCUT2D eigenvalue weighted by molar-refractivity contribution is 0.0392. The first-order valence-corrected chi connectivity index (χ1v) is 9.75. The average molecular weight is 359 g/mol. The number of hydrogen-bond acceptors (Lipinski definition) is 5. The molecule has 1 aromatic heterocycles. The standard InChI is InChI=1S/C15H25N3O5S/c1-3-4-5-6-7-17-10-13(14(19)16-15(17)20)24(21,22)18-8-9-23-11-12(18)2/h10,12H,3-9,11H2,1-2H3,(H,16,19,20)/t12-/m0/s1. The van der Waals surface area contributed by atoms with Crippen molar-refractivity contribution in [2.24, 2.45) is 0 Å². The lowest BCUT2D eigenvalue weighted by atomic mass is 10.2. The highest BCUT2D eigenvalue weighted by atomic mass is 32.2. The van der Waals surface area contributed by atoms with Crippen LogP contribution in [0.5, 0.6) is 0 Å². The molecule has 0 saturated carbocycles. The molecule has 0 radical (unpaired) electrons. The van der Waals surface area contributed by atoms with Gasteiger partial charge in [0.25, 0.3) is 5.56 Å². The minimum atomic E-state index is -3.97. The van der Waals surface area contributed by atoms with Crippen molar-refractivity contribution in [1.29, 1.82) is 0 Å². The number of aromatic amines is 1. The highest BCUT2D eigenvalue weighted by Crippen LogP contribution is 2.17. The predicted molar refractivity (Wildman–Crippen MR) is 89.6 cm³/mol. The summed E-state index contributed by atoms with van der Waals surface area (Å²) in [6.45, 7) is 4.97. The van der Waals surface area contributed by atoms with Crippen LogP contribution >= 0.6 is 0 Å². The maximum atomic E-state index is 12.8. The Bertz CT molecular complexity index is 768. The van der Waals surface area contributed by atoms with Crippen molar-refractivity contribution < 1.29 is 13.2 Å². The summed E-state index contributed by atoms with van der Waals surface area (Å²) in [5, 5.41) is 0. The van der Waals surface area contributed by atoms with E-state index >= 15 is 0 Å². The van der Waals surface area contributed by atoms with Crippen molar-refractivity contribution >= 4 is 10.0 Å². The lowest BCUT2D eigenvalue weighted by Crippen LogP contribution is -2.48. The summed E-state index contributed by atoms with van der Waals surface area (Å²) >= 11 is 0. The van der Waals surface area contributed by atoms with E-state index in [1.807, 2.05) is 0 Å². The smallest absolute Gasteiger partial charge is 0.328 e. The van der Waals surface area contributed by atoms with Gasteiger partial charge in [0.1, 0.15) is 0 Å². The molecule has 9 heteroatoms. The number of sulfonamides is 1. The molecule has 0 spiro atoms. The number of nitrogens with zero attached hydrogens (tertiary/aromatic N) is 2. The average Bonchev–Trinajstić information content (AvgIpc) is 2.53. The number of morpholine rings is 1. The van der Waals surface area contributed by atoms with Crippen LogP contribution in [0.1, 0.15) is 39.5 Å². The van der Waals surface area contributed by atoms with Crippen LogP contribution in [0.4, 0.5) is 0 Å². The van der Waals surface area contributed by atoms with Gasteiger partial charge in [-0.05, 0) is 13.3 Å². The Hall–Kier alpha value is -1.45. The van der Waals surface area contributed by atoms with E-state index in [9.17, 15) is 18.0 Å². The molecule has 0 aromatic carbocycles. The van der Waals surface area contributed by atoms with Gasteiger partial charge in [0.2, 0.25) is 10.0 Å². The number of nitrogens with one attached hydrogen (secondary N) is 1. The zero-order valence-electron chi connectivity index (χ0n) is 14.2. The zero-order chi connectivity index (χ0) is 17.7. The van der Waals surface area contributed by atoms with Gasteiger partial charge in [-0.15, -0.1) is 0 Å². The quantitative estimate of drug-likeness (QED) is 0.716. The Morgan fingerprint density at radius 3 is 2.71 bits per heavy atom. The maximum absolute atomic E-state index is 12.8. The number of aryl methyl sites for hydroxylation is 1. The lowest BCUT2D eigenvalue weighted by Gasteiger charge is -2.31. The molecule has 8 nitrogen and oxygen atoms in total. The minimum Gasteiger partial charge on any atom is -0.378 e. The molecular weight excluding hydrogens is 334 g/mol. The number of unbranched alkanes of at least 4 members (excludes halogenated alkanes) is 3. The fraction of sp³-hybridized carbons (Fsp3) is 0.733. The largest absolute Gasteiger partial charge is 0.378 e. The predicted octanol–water partition coefficient (Wildman–Crippen LogP) is 0.526. The van der Waals surface area contributed by atoms with Crippen LogP contribution in [0.25, 0.3) is 0 Å². The molecule has 24 heavy (non-hydrogen) atoms. The molecule has 1 N–H and O–H groups in total. The molecule has 1 atom stereocenters. The topological polar surface area (TPSA) is 101 Å². The Morgan fingerprint density at radius 1 is 1.29 bits per heavy atom. The molecule has 1 saturated heterocycles. The van der Waals surface area contributed by atoms with Gasteiger partial charge in [-0.2, -0.15) is 4.31 Å². The van der Waals surface area contributed by atoms with Gasteiger partial charge in [0.15, 0.2) is 4.90 Å². The summed E-state index contributed by atoms with van der Waals surface area (Å²) in [5.74, 6) is 0. The third-order valence-corrected chi connectivity index (χ3v) is 6.13. The number of aromatic nitrogens is 2. The Labute approximate surface area is 141 Å². The maximum Gasteiger partial charge on any atom is 0.328 e. The van der Waals surface area contributed by atoms with E-state index in [1.165, 1.54) is 15.1 Å². The second-order valence-electron chi connectivity index (χ2n) is 6.05. The third-order valence-electron chi connectivity index (χ3n) is 4.12. The Kier molecular flexibility index (Phi) is 6.36. The molecule has 2 rings (SSSR count). The molecule has 136 valence electrons. The molecule has 0 bridgehead atoms. The molecular formula is C15H25N3O5S. The van der Waals surface area contributed by atoms with Crippen LogP contribution in [0.2, 0.25) is 0 Å². The highest BCUT2D eigenvalue weighted by molar-refractivity contribution is 7.89. The second kappa shape index (κ2) is 8.09. The van der Waals surface area contributed by atoms with Crippen LogP contribution in [0.15, 0.2) is 20.7 Å². The molecule has 1 aromatic rings. The van der Waals surface area contributed by atoms with Gasteiger partial charge >= 0.3 is 5.69 Å². The van der Waals surface area contributed by atoms with E-state index in [-0.39, 0.29) is 30.7 Å². The van der Waals surface area contributed by atoms with Crippen LogP contribution in [-0.4, -0.2) is 48.1 Å². The summed E-state index contributed by atoms with van der Waals surface area (Å²) in [6, 6.07) is -0.354. The van der Waals surface area contributed by atoms with Crippen LogP contribution in [-0.2, 0) is 21.3 Å². The summed E-state index contributed by atoms with van der Waals surface area (Å²) in [7, 11) is -3.97. The van der Waals surface area contributed by atoms with Crippen molar-refractivity contribution in [3.63, 3.8) is 0 Å².